The predicted molar refractivity (Wildman–Crippen MR) is 213 cm³/mol. The molecule has 0 saturated carbocycles. The third-order valence-corrected chi connectivity index (χ3v) is 11.7. The summed E-state index contributed by atoms with van der Waals surface area (Å²) in [5, 5.41) is 8.10. The van der Waals surface area contributed by atoms with Gasteiger partial charge in [0, 0.05) is 57.1 Å². The van der Waals surface area contributed by atoms with Gasteiger partial charge in [-0.3, -0.25) is 4.57 Å². The molecule has 0 spiro atoms. The van der Waals surface area contributed by atoms with Gasteiger partial charge in [-0.1, -0.05) is 101 Å². The van der Waals surface area contributed by atoms with E-state index in [1.54, 1.807) is 0 Å². The summed E-state index contributed by atoms with van der Waals surface area (Å²) in [5.41, 5.74) is 9.09. The highest BCUT2D eigenvalue weighted by Gasteiger charge is 2.20. The van der Waals surface area contributed by atoms with Gasteiger partial charge < -0.3 is 4.42 Å². The largest absolute Gasteiger partial charge is 0.456 e. The molecule has 0 N–H and O–H groups in total. The number of halogens is 1. The van der Waals surface area contributed by atoms with Crippen molar-refractivity contribution in [2.24, 2.45) is 0 Å². The first-order chi connectivity index (χ1) is 24.7. The number of para-hydroxylation sites is 1. The number of nitrogens with zero attached hydrogens (tertiary/aromatic N) is 3. The Kier molecular flexibility index (Phi) is 5.94. The van der Waals surface area contributed by atoms with Crippen molar-refractivity contribution in [2.75, 3.05) is 0 Å². The van der Waals surface area contributed by atoms with Crippen LogP contribution in [0.15, 0.2) is 154 Å². The second-order valence-corrected chi connectivity index (χ2v) is 14.7. The molecule has 0 fully saturated rings. The van der Waals surface area contributed by atoms with Gasteiger partial charge in [0.1, 0.15) is 11.2 Å². The molecule has 0 aliphatic carbocycles. The summed E-state index contributed by atoms with van der Waals surface area (Å²) in [6.45, 7) is 0. The Labute approximate surface area is 298 Å². The normalized spacial score (nSPS) is 12.1. The van der Waals surface area contributed by atoms with E-state index in [0.29, 0.717) is 5.95 Å². The molecule has 0 aliphatic rings. The Morgan fingerprint density at radius 3 is 2.16 bits per heavy atom. The highest BCUT2D eigenvalue weighted by atomic mass is 79.9. The van der Waals surface area contributed by atoms with Crippen molar-refractivity contribution in [3.8, 4) is 28.3 Å². The molecule has 4 heterocycles. The molecule has 0 bridgehead atoms. The maximum atomic E-state index is 6.20. The average Bonchev–Trinajstić information content (AvgIpc) is 3.82. The van der Waals surface area contributed by atoms with E-state index in [9.17, 15) is 0 Å². The number of hydrogen-bond acceptors (Lipinski definition) is 4. The van der Waals surface area contributed by atoms with Gasteiger partial charge in [-0.25, -0.2) is 9.97 Å². The summed E-state index contributed by atoms with van der Waals surface area (Å²) in [5.74, 6) is 0.659. The van der Waals surface area contributed by atoms with E-state index < -0.39 is 0 Å². The van der Waals surface area contributed by atoms with Crippen LogP contribution in [0.2, 0.25) is 0 Å². The van der Waals surface area contributed by atoms with Crippen LogP contribution in [0.25, 0.3) is 103 Å². The second kappa shape index (κ2) is 10.6. The summed E-state index contributed by atoms with van der Waals surface area (Å²) in [6, 6.07) is 51.4. The van der Waals surface area contributed by atoms with Crippen LogP contribution < -0.4 is 0 Å². The highest BCUT2D eigenvalue weighted by molar-refractivity contribution is 9.10. The number of hydrogen-bond donors (Lipinski definition) is 0. The molecule has 0 saturated heterocycles. The standard InChI is InChI=1S/C44H24BrN3OS/c45-34-13-8-15-39-42(34)33-22-27(18-20-38(33)49-39)26-17-19-36-30(21-26)31-23-32-28-11-5-7-16-40(28)50-41(32)24-37(31)48(36)44-46-35-14-6-4-12-29(35)43(47-44)25-9-2-1-3-10-25/h1-24H. The molecular weight excluding hydrogens is 698 g/mol. The molecule has 0 unspecified atom stereocenters. The minimum absolute atomic E-state index is 0.659. The Morgan fingerprint density at radius 1 is 0.500 bits per heavy atom. The lowest BCUT2D eigenvalue weighted by Crippen LogP contribution is -2.03. The van der Waals surface area contributed by atoms with E-state index in [2.05, 4.69) is 142 Å². The van der Waals surface area contributed by atoms with E-state index in [1.807, 2.05) is 35.6 Å². The lowest BCUT2D eigenvalue weighted by atomic mass is 10.00. The van der Waals surface area contributed by atoms with Crippen LogP contribution in [0.1, 0.15) is 0 Å². The molecule has 0 atom stereocenters. The molecule has 11 rings (SSSR count). The third-order valence-electron chi connectivity index (χ3n) is 9.88. The zero-order chi connectivity index (χ0) is 32.9. The lowest BCUT2D eigenvalue weighted by Gasteiger charge is -2.12. The summed E-state index contributed by atoms with van der Waals surface area (Å²) in [6.07, 6.45) is 0. The fraction of sp³-hybridized carbons (Fsp3) is 0. The first kappa shape index (κ1) is 28.1. The monoisotopic (exact) mass is 721 g/mol. The Bertz CT molecular complexity index is 3170. The summed E-state index contributed by atoms with van der Waals surface area (Å²) in [4.78, 5) is 10.5. The molecule has 50 heavy (non-hydrogen) atoms. The number of thiophene rings is 1. The molecular formula is C44H24BrN3OS. The van der Waals surface area contributed by atoms with Gasteiger partial charge >= 0.3 is 0 Å². The number of rotatable bonds is 3. The SMILES string of the molecule is Brc1cccc2oc3ccc(-c4ccc5c(c4)c4cc6c(cc4n5-c4nc(-c5ccccc5)c5ccccc5n4)sc4ccccc46)cc3c12. The number of aromatic nitrogens is 3. The number of furan rings is 1. The minimum Gasteiger partial charge on any atom is -0.456 e. The van der Waals surface area contributed by atoms with Gasteiger partial charge in [-0.2, -0.15) is 0 Å². The van der Waals surface area contributed by atoms with Crippen LogP contribution in [-0.2, 0) is 0 Å². The topological polar surface area (TPSA) is 43.9 Å². The van der Waals surface area contributed by atoms with Gasteiger partial charge in [-0.05, 0) is 71.8 Å². The van der Waals surface area contributed by atoms with Gasteiger partial charge in [-0.15, -0.1) is 11.3 Å². The minimum atomic E-state index is 0.659. The second-order valence-electron chi connectivity index (χ2n) is 12.7. The Balaban J connectivity index is 1.22. The lowest BCUT2D eigenvalue weighted by molar-refractivity contribution is 0.669. The van der Waals surface area contributed by atoms with Crippen molar-refractivity contribution in [2.45, 2.75) is 0 Å². The summed E-state index contributed by atoms with van der Waals surface area (Å²) >= 11 is 5.59. The van der Waals surface area contributed by atoms with Crippen LogP contribution in [-0.4, -0.2) is 14.5 Å². The van der Waals surface area contributed by atoms with E-state index in [4.69, 9.17) is 14.4 Å². The van der Waals surface area contributed by atoms with Crippen molar-refractivity contribution >= 4 is 102 Å². The van der Waals surface area contributed by atoms with Gasteiger partial charge in [0.25, 0.3) is 0 Å². The van der Waals surface area contributed by atoms with E-state index in [1.165, 1.54) is 25.6 Å². The first-order valence-corrected chi connectivity index (χ1v) is 18.1. The maximum Gasteiger partial charge on any atom is 0.235 e. The third kappa shape index (κ3) is 4.09. The van der Waals surface area contributed by atoms with Crippen LogP contribution in [0.5, 0.6) is 0 Å². The zero-order valence-corrected chi connectivity index (χ0v) is 28.8. The fourth-order valence-corrected chi connectivity index (χ4v) is 9.26. The molecule has 7 aromatic carbocycles. The van der Waals surface area contributed by atoms with Crippen LogP contribution in [0, 0.1) is 0 Å². The molecule has 11 aromatic rings. The Morgan fingerprint density at radius 2 is 1.26 bits per heavy atom. The number of fused-ring (bicyclic) bond motifs is 10. The quantitative estimate of drug-likeness (QED) is 0.182. The van der Waals surface area contributed by atoms with E-state index >= 15 is 0 Å². The fourth-order valence-electron chi connectivity index (χ4n) is 7.58. The van der Waals surface area contributed by atoms with Gasteiger partial charge in [0.2, 0.25) is 5.95 Å². The van der Waals surface area contributed by atoms with Gasteiger partial charge in [0.15, 0.2) is 0 Å². The maximum absolute atomic E-state index is 6.20. The predicted octanol–water partition coefficient (Wildman–Crippen LogP) is 13.1. The number of benzene rings is 7. The summed E-state index contributed by atoms with van der Waals surface area (Å²) < 4.78 is 12.0. The molecule has 0 amide bonds. The van der Waals surface area contributed by atoms with Crippen molar-refractivity contribution in [1.82, 2.24) is 14.5 Å². The molecule has 6 heteroatoms. The summed E-state index contributed by atoms with van der Waals surface area (Å²) in [7, 11) is 0. The van der Waals surface area contributed by atoms with Crippen molar-refractivity contribution < 1.29 is 4.42 Å². The van der Waals surface area contributed by atoms with Crippen LogP contribution in [0.3, 0.4) is 0 Å². The van der Waals surface area contributed by atoms with E-state index in [0.717, 1.165) is 76.1 Å². The zero-order valence-electron chi connectivity index (χ0n) is 26.4. The highest BCUT2D eigenvalue weighted by Crippen LogP contribution is 2.43. The van der Waals surface area contributed by atoms with Crippen LogP contribution >= 0.6 is 27.3 Å². The smallest absolute Gasteiger partial charge is 0.235 e. The van der Waals surface area contributed by atoms with Crippen LogP contribution in [0.4, 0.5) is 0 Å². The Hall–Kier alpha value is -5.82. The average molecular weight is 723 g/mol. The molecule has 0 radical (unpaired) electrons. The molecule has 4 nitrogen and oxygen atoms in total. The molecule has 234 valence electrons. The van der Waals surface area contributed by atoms with Crippen molar-refractivity contribution in [3.63, 3.8) is 0 Å². The first-order valence-electron chi connectivity index (χ1n) is 16.5. The van der Waals surface area contributed by atoms with Gasteiger partial charge in [0.05, 0.1) is 22.2 Å². The molecule has 4 aromatic heterocycles. The van der Waals surface area contributed by atoms with Crippen molar-refractivity contribution in [1.29, 1.82) is 0 Å². The van der Waals surface area contributed by atoms with Crippen molar-refractivity contribution in [3.05, 3.63) is 150 Å². The molecule has 0 aliphatic heterocycles. The van der Waals surface area contributed by atoms with E-state index in [-0.39, 0.29) is 0 Å².